The minimum Gasteiger partial charge on any atom is -0.383 e. The summed E-state index contributed by atoms with van der Waals surface area (Å²) in [6.07, 6.45) is 3.95. The maximum absolute atomic E-state index is 12.9. The van der Waals surface area contributed by atoms with Gasteiger partial charge in [-0.1, -0.05) is 25.0 Å². The number of nitrogens with two attached hydrogens (primary N) is 1. The number of rotatable bonds is 5. The summed E-state index contributed by atoms with van der Waals surface area (Å²) >= 11 is 0. The molecule has 0 saturated heterocycles. The van der Waals surface area contributed by atoms with Crippen molar-refractivity contribution in [2.75, 3.05) is 18.2 Å². The van der Waals surface area contributed by atoms with E-state index in [4.69, 9.17) is 10.5 Å². The fraction of sp³-hybridized carbons (Fsp3) is 0.308. The molecule has 4 aromatic rings. The number of carbonyl (C=O) groups is 1. The summed E-state index contributed by atoms with van der Waals surface area (Å²) in [5.41, 5.74) is 12.0. The highest BCUT2D eigenvalue weighted by Crippen LogP contribution is 2.51. The third kappa shape index (κ3) is 4.36. The van der Waals surface area contributed by atoms with Gasteiger partial charge in [-0.2, -0.15) is 5.10 Å². The van der Waals surface area contributed by atoms with Crippen LogP contribution in [0.15, 0.2) is 30.5 Å². The van der Waals surface area contributed by atoms with Crippen LogP contribution in [0.2, 0.25) is 0 Å². The molecule has 0 radical (unpaired) electrons. The largest absolute Gasteiger partial charge is 0.383 e. The minimum absolute atomic E-state index is 0.00710. The van der Waals surface area contributed by atoms with Gasteiger partial charge in [0.1, 0.15) is 11.5 Å². The van der Waals surface area contributed by atoms with Crippen molar-refractivity contribution >= 4 is 28.4 Å². The molecule has 1 amide bonds. The number of hydrogen-bond acceptors (Lipinski definition) is 6. The number of fused-ring (bicyclic) bond motifs is 1. The van der Waals surface area contributed by atoms with E-state index in [1.54, 1.807) is 11.8 Å². The lowest BCUT2D eigenvalue weighted by molar-refractivity contribution is 0.101. The number of nitrogens with one attached hydrogen (secondary N) is 2. The van der Waals surface area contributed by atoms with Gasteiger partial charge >= 0.3 is 0 Å². The van der Waals surface area contributed by atoms with Crippen molar-refractivity contribution in [1.29, 1.82) is 0 Å². The molecule has 0 atom stereocenters. The molecular weight excluding hydrogens is 442 g/mol. The van der Waals surface area contributed by atoms with Gasteiger partial charge in [0, 0.05) is 31.6 Å². The van der Waals surface area contributed by atoms with E-state index in [0.717, 1.165) is 46.3 Å². The second-order valence-electron chi connectivity index (χ2n) is 9.23. The summed E-state index contributed by atoms with van der Waals surface area (Å²) in [5, 5.41) is 7.92. The summed E-state index contributed by atoms with van der Waals surface area (Å²) in [6, 6.07) is 7.39. The Bertz CT molecular complexity index is 1500. The van der Waals surface area contributed by atoms with Crippen LogP contribution in [-0.4, -0.2) is 37.7 Å². The SMILES string of the molecule is COCc1ccc(NC(=O)c2nc(N)c3c(C4(C)CC4)c(C#Cc4cn(C)nc4C)[nH]c3n2)cc1. The van der Waals surface area contributed by atoms with Gasteiger partial charge < -0.3 is 20.8 Å². The van der Waals surface area contributed by atoms with Gasteiger partial charge in [-0.25, -0.2) is 9.97 Å². The van der Waals surface area contributed by atoms with Crippen LogP contribution in [0.5, 0.6) is 0 Å². The molecule has 3 heterocycles. The fourth-order valence-corrected chi connectivity index (χ4v) is 4.25. The topological polar surface area (TPSA) is 124 Å². The van der Waals surface area contributed by atoms with E-state index >= 15 is 0 Å². The van der Waals surface area contributed by atoms with Crippen molar-refractivity contribution < 1.29 is 9.53 Å². The number of aromatic amines is 1. The van der Waals surface area contributed by atoms with E-state index in [0.29, 0.717) is 17.9 Å². The molecule has 1 saturated carbocycles. The predicted octanol–water partition coefficient (Wildman–Crippen LogP) is 3.43. The highest BCUT2D eigenvalue weighted by molar-refractivity contribution is 6.04. The van der Waals surface area contributed by atoms with Crippen LogP contribution >= 0.6 is 0 Å². The lowest BCUT2D eigenvalue weighted by Crippen LogP contribution is -2.17. The number of benzene rings is 1. The van der Waals surface area contributed by atoms with Crippen LogP contribution in [0.4, 0.5) is 11.5 Å². The molecule has 9 heteroatoms. The minimum atomic E-state index is -0.439. The lowest BCUT2D eigenvalue weighted by Gasteiger charge is -2.10. The van der Waals surface area contributed by atoms with Gasteiger partial charge in [0.25, 0.3) is 5.91 Å². The summed E-state index contributed by atoms with van der Waals surface area (Å²) in [5.74, 6) is 6.29. The normalized spacial score (nSPS) is 13.9. The first kappa shape index (κ1) is 22.6. The van der Waals surface area contributed by atoms with Gasteiger partial charge in [-0.3, -0.25) is 9.48 Å². The monoisotopic (exact) mass is 469 g/mol. The van der Waals surface area contributed by atoms with Gasteiger partial charge in [-0.15, -0.1) is 0 Å². The van der Waals surface area contributed by atoms with Crippen molar-refractivity contribution in [2.24, 2.45) is 7.05 Å². The molecule has 0 spiro atoms. The summed E-state index contributed by atoms with van der Waals surface area (Å²) in [7, 11) is 3.51. The Balaban J connectivity index is 1.51. The number of hydrogen-bond donors (Lipinski definition) is 3. The Hall–Kier alpha value is -4.16. The van der Waals surface area contributed by atoms with Crippen LogP contribution in [-0.2, 0) is 23.8 Å². The second-order valence-corrected chi connectivity index (χ2v) is 9.23. The molecule has 5 rings (SSSR count). The summed E-state index contributed by atoms with van der Waals surface area (Å²) in [6.45, 7) is 4.62. The highest BCUT2D eigenvalue weighted by Gasteiger charge is 2.43. The maximum Gasteiger partial charge on any atom is 0.293 e. The van der Waals surface area contributed by atoms with E-state index in [1.807, 2.05) is 44.4 Å². The molecular formula is C26H27N7O2. The standard InChI is InChI=1S/C26H27N7O2/c1-15-17(13-33(3)32-15)7-10-19-21(26(2)11-12-26)20-22(27)30-24(31-23(20)29-19)25(34)28-18-8-5-16(6-9-18)14-35-4/h5-6,8-9,13H,11-12,14H2,1-4H3,(H,28,34)(H3,27,29,30,31). The van der Waals surface area contributed by atoms with Crippen LogP contribution in [0.1, 0.15) is 58.5 Å². The number of methoxy groups -OCH3 is 1. The number of nitrogens with zero attached hydrogens (tertiary/aromatic N) is 4. The molecule has 0 unspecified atom stereocenters. The number of ether oxygens (including phenoxy) is 1. The van der Waals surface area contributed by atoms with Crippen molar-refractivity contribution in [2.45, 2.75) is 38.7 Å². The van der Waals surface area contributed by atoms with Crippen molar-refractivity contribution in [3.8, 4) is 11.8 Å². The number of carbonyl (C=O) groups excluding carboxylic acids is 1. The number of aryl methyl sites for hydroxylation is 2. The predicted molar refractivity (Wildman–Crippen MR) is 134 cm³/mol. The molecule has 3 aromatic heterocycles. The first-order valence-electron chi connectivity index (χ1n) is 11.4. The number of H-pyrrole nitrogens is 1. The van der Waals surface area contributed by atoms with Crippen LogP contribution in [0.3, 0.4) is 0 Å². The molecule has 4 N–H and O–H groups in total. The van der Waals surface area contributed by atoms with E-state index in [1.165, 1.54) is 0 Å². The first-order valence-corrected chi connectivity index (χ1v) is 11.4. The Morgan fingerprint density at radius 1 is 1.26 bits per heavy atom. The van der Waals surface area contributed by atoms with Gasteiger partial charge in [-0.05, 0) is 48.8 Å². The Morgan fingerprint density at radius 2 is 2.00 bits per heavy atom. The van der Waals surface area contributed by atoms with Crippen LogP contribution in [0, 0.1) is 18.8 Å². The molecule has 178 valence electrons. The van der Waals surface area contributed by atoms with E-state index < -0.39 is 5.91 Å². The quantitative estimate of drug-likeness (QED) is 0.385. The molecule has 1 aliphatic carbocycles. The first-order chi connectivity index (χ1) is 16.8. The Kier molecular flexibility index (Phi) is 5.53. The van der Waals surface area contributed by atoms with E-state index in [2.05, 4.69) is 44.1 Å². The number of aromatic nitrogens is 5. The van der Waals surface area contributed by atoms with Crippen molar-refractivity contribution in [3.05, 3.63) is 64.4 Å². The van der Waals surface area contributed by atoms with Gasteiger partial charge in [0.05, 0.1) is 28.9 Å². The molecule has 1 aliphatic rings. The van der Waals surface area contributed by atoms with Crippen LogP contribution in [0.25, 0.3) is 11.0 Å². The molecule has 1 fully saturated rings. The van der Waals surface area contributed by atoms with E-state index in [-0.39, 0.29) is 17.1 Å². The number of nitrogen functional groups attached to an aromatic ring is 1. The zero-order valence-corrected chi connectivity index (χ0v) is 20.2. The smallest absolute Gasteiger partial charge is 0.293 e. The maximum atomic E-state index is 12.9. The number of anilines is 2. The Morgan fingerprint density at radius 3 is 2.63 bits per heavy atom. The third-order valence-electron chi connectivity index (χ3n) is 6.35. The lowest BCUT2D eigenvalue weighted by atomic mass is 9.95. The van der Waals surface area contributed by atoms with Gasteiger partial charge in [0.2, 0.25) is 5.82 Å². The molecule has 0 aliphatic heterocycles. The second kappa shape index (κ2) is 8.56. The van der Waals surface area contributed by atoms with E-state index in [9.17, 15) is 4.79 Å². The third-order valence-corrected chi connectivity index (χ3v) is 6.35. The zero-order chi connectivity index (χ0) is 24.7. The summed E-state index contributed by atoms with van der Waals surface area (Å²) < 4.78 is 6.87. The molecule has 9 nitrogen and oxygen atoms in total. The van der Waals surface area contributed by atoms with Crippen molar-refractivity contribution in [3.63, 3.8) is 0 Å². The zero-order valence-electron chi connectivity index (χ0n) is 20.2. The molecule has 35 heavy (non-hydrogen) atoms. The molecule has 0 bridgehead atoms. The van der Waals surface area contributed by atoms with Gasteiger partial charge in [0.15, 0.2) is 0 Å². The average molecular weight is 470 g/mol. The molecule has 1 aromatic carbocycles. The van der Waals surface area contributed by atoms with Crippen molar-refractivity contribution in [1.82, 2.24) is 24.7 Å². The Labute approximate surface area is 203 Å². The summed E-state index contributed by atoms with van der Waals surface area (Å²) in [4.78, 5) is 25.1. The van der Waals surface area contributed by atoms with Crippen LogP contribution < -0.4 is 11.1 Å². The number of amides is 1. The average Bonchev–Trinajstić information content (AvgIpc) is 3.30. The highest BCUT2D eigenvalue weighted by atomic mass is 16.5. The fourth-order valence-electron chi connectivity index (χ4n) is 4.25.